The minimum Gasteiger partial charge on any atom is -0.383 e. The number of ether oxygens (including phenoxy) is 1. The zero-order valence-electron chi connectivity index (χ0n) is 14.7. The van der Waals surface area contributed by atoms with E-state index < -0.39 is 0 Å². The molecule has 2 heterocycles. The third-order valence-corrected chi connectivity index (χ3v) is 4.75. The Bertz CT molecular complexity index is 748. The van der Waals surface area contributed by atoms with Gasteiger partial charge in [-0.3, -0.25) is 14.3 Å². The van der Waals surface area contributed by atoms with Gasteiger partial charge in [-0.1, -0.05) is 0 Å². The van der Waals surface area contributed by atoms with Crippen LogP contribution >= 0.6 is 0 Å². The molecule has 130 valence electrons. The van der Waals surface area contributed by atoms with Crippen LogP contribution in [0.1, 0.15) is 13.8 Å². The summed E-state index contributed by atoms with van der Waals surface area (Å²) >= 11 is 0. The Morgan fingerprint density at radius 1 is 1.21 bits per heavy atom. The van der Waals surface area contributed by atoms with E-state index in [1.165, 1.54) is 0 Å². The first-order chi connectivity index (χ1) is 11.6. The summed E-state index contributed by atoms with van der Waals surface area (Å²) in [6, 6.07) is 6.56. The van der Waals surface area contributed by atoms with Crippen molar-refractivity contribution < 1.29 is 4.74 Å². The summed E-state index contributed by atoms with van der Waals surface area (Å²) in [4.78, 5) is 21.8. The molecule has 1 saturated heterocycles. The average molecular weight is 330 g/mol. The van der Waals surface area contributed by atoms with Crippen LogP contribution in [0.2, 0.25) is 0 Å². The summed E-state index contributed by atoms with van der Waals surface area (Å²) in [5.41, 5.74) is 1.90. The zero-order valence-corrected chi connectivity index (χ0v) is 14.7. The monoisotopic (exact) mass is 330 g/mol. The maximum absolute atomic E-state index is 12.5. The Hall–Kier alpha value is -1.92. The van der Waals surface area contributed by atoms with Gasteiger partial charge in [0.05, 0.1) is 30.4 Å². The van der Waals surface area contributed by atoms with E-state index in [0.717, 1.165) is 37.4 Å². The molecule has 0 saturated carbocycles. The first kappa shape index (κ1) is 16.9. The van der Waals surface area contributed by atoms with Crippen LogP contribution in [-0.2, 0) is 11.3 Å². The molecule has 1 fully saturated rings. The third kappa shape index (κ3) is 3.44. The van der Waals surface area contributed by atoms with Crippen molar-refractivity contribution in [1.82, 2.24) is 14.5 Å². The second-order valence-corrected chi connectivity index (χ2v) is 6.55. The van der Waals surface area contributed by atoms with Crippen molar-refractivity contribution in [1.29, 1.82) is 0 Å². The molecule has 6 heteroatoms. The highest BCUT2D eigenvalue weighted by molar-refractivity contribution is 5.81. The quantitative estimate of drug-likeness (QED) is 0.833. The Balaban J connectivity index is 1.81. The van der Waals surface area contributed by atoms with Crippen LogP contribution in [0.3, 0.4) is 0 Å². The molecule has 1 aliphatic rings. The number of hydrogen-bond donors (Lipinski definition) is 0. The number of nitrogens with zero attached hydrogens (tertiary/aromatic N) is 4. The van der Waals surface area contributed by atoms with E-state index in [1.54, 1.807) is 18.0 Å². The molecule has 0 aliphatic carbocycles. The third-order valence-electron chi connectivity index (χ3n) is 4.75. The van der Waals surface area contributed by atoms with E-state index in [9.17, 15) is 4.79 Å². The Morgan fingerprint density at radius 3 is 2.62 bits per heavy atom. The standard InChI is InChI=1S/C18H26N4O2/c1-14(2)20-6-8-21(9-7-20)15-4-5-16-17(12-15)19-13-22(18(16)23)10-11-24-3/h4-5,12-14H,6-11H2,1-3H3. The average Bonchev–Trinajstić information content (AvgIpc) is 2.61. The van der Waals surface area contributed by atoms with Gasteiger partial charge in [-0.05, 0) is 32.0 Å². The van der Waals surface area contributed by atoms with Crippen molar-refractivity contribution in [2.24, 2.45) is 0 Å². The highest BCUT2D eigenvalue weighted by Crippen LogP contribution is 2.21. The summed E-state index contributed by atoms with van der Waals surface area (Å²) in [6.07, 6.45) is 1.62. The fourth-order valence-electron chi connectivity index (χ4n) is 3.19. The number of piperazine rings is 1. The van der Waals surface area contributed by atoms with E-state index in [4.69, 9.17) is 4.74 Å². The van der Waals surface area contributed by atoms with Gasteiger partial charge in [0, 0.05) is 45.0 Å². The number of benzene rings is 1. The van der Waals surface area contributed by atoms with E-state index in [0.29, 0.717) is 24.6 Å². The molecule has 0 radical (unpaired) electrons. The molecule has 2 aromatic rings. The van der Waals surface area contributed by atoms with Crippen LogP contribution in [0.5, 0.6) is 0 Å². The molecule has 0 atom stereocenters. The highest BCUT2D eigenvalue weighted by Gasteiger charge is 2.19. The zero-order chi connectivity index (χ0) is 17.1. The Morgan fingerprint density at radius 2 is 1.96 bits per heavy atom. The van der Waals surface area contributed by atoms with Crippen molar-refractivity contribution in [2.75, 3.05) is 44.8 Å². The molecule has 0 spiro atoms. The fraction of sp³-hybridized carbons (Fsp3) is 0.556. The molecule has 1 aromatic carbocycles. The van der Waals surface area contributed by atoms with Crippen molar-refractivity contribution >= 4 is 16.6 Å². The Kier molecular flexibility index (Phi) is 5.16. The van der Waals surface area contributed by atoms with Gasteiger partial charge >= 0.3 is 0 Å². The van der Waals surface area contributed by atoms with Gasteiger partial charge in [0.25, 0.3) is 5.56 Å². The van der Waals surface area contributed by atoms with Crippen molar-refractivity contribution in [3.8, 4) is 0 Å². The van der Waals surface area contributed by atoms with Gasteiger partial charge in [-0.25, -0.2) is 4.98 Å². The maximum Gasteiger partial charge on any atom is 0.261 e. The Labute approximate surface area is 142 Å². The molecule has 24 heavy (non-hydrogen) atoms. The summed E-state index contributed by atoms with van der Waals surface area (Å²) in [6.45, 7) is 9.67. The van der Waals surface area contributed by atoms with Gasteiger partial charge in [-0.2, -0.15) is 0 Å². The van der Waals surface area contributed by atoms with Crippen molar-refractivity contribution in [2.45, 2.75) is 26.4 Å². The molecule has 3 rings (SSSR count). The number of methoxy groups -OCH3 is 1. The van der Waals surface area contributed by atoms with Crippen molar-refractivity contribution in [3.05, 3.63) is 34.9 Å². The van der Waals surface area contributed by atoms with Gasteiger partial charge in [0.2, 0.25) is 0 Å². The number of rotatable bonds is 5. The van der Waals surface area contributed by atoms with Crippen LogP contribution in [0, 0.1) is 0 Å². The lowest BCUT2D eigenvalue weighted by atomic mass is 10.2. The molecular formula is C18H26N4O2. The molecule has 0 unspecified atom stereocenters. The largest absolute Gasteiger partial charge is 0.383 e. The summed E-state index contributed by atoms with van der Waals surface area (Å²) in [5, 5.41) is 0.665. The van der Waals surface area contributed by atoms with E-state index >= 15 is 0 Å². The summed E-state index contributed by atoms with van der Waals surface area (Å²) in [7, 11) is 1.63. The minimum atomic E-state index is -0.00627. The molecule has 1 aromatic heterocycles. The van der Waals surface area contributed by atoms with Crippen LogP contribution in [0.15, 0.2) is 29.3 Å². The molecule has 1 aliphatic heterocycles. The number of hydrogen-bond acceptors (Lipinski definition) is 5. The molecule has 6 nitrogen and oxygen atoms in total. The fourth-order valence-corrected chi connectivity index (χ4v) is 3.19. The molecule has 0 N–H and O–H groups in total. The van der Waals surface area contributed by atoms with Gasteiger partial charge < -0.3 is 9.64 Å². The van der Waals surface area contributed by atoms with Crippen LogP contribution in [0.25, 0.3) is 10.9 Å². The number of aromatic nitrogens is 2. The SMILES string of the molecule is COCCn1cnc2cc(N3CCN(C(C)C)CC3)ccc2c1=O. The first-order valence-electron chi connectivity index (χ1n) is 8.57. The molecule has 0 bridgehead atoms. The van der Waals surface area contributed by atoms with Crippen LogP contribution in [-0.4, -0.2) is 60.4 Å². The maximum atomic E-state index is 12.5. The number of anilines is 1. The van der Waals surface area contributed by atoms with E-state index in [1.807, 2.05) is 18.2 Å². The lowest BCUT2D eigenvalue weighted by molar-refractivity contribution is 0.186. The summed E-state index contributed by atoms with van der Waals surface area (Å²) in [5.74, 6) is 0. The predicted octanol–water partition coefficient (Wildman–Crippen LogP) is 1.57. The lowest BCUT2D eigenvalue weighted by Crippen LogP contribution is -2.48. The first-order valence-corrected chi connectivity index (χ1v) is 8.57. The second kappa shape index (κ2) is 7.32. The molecule has 0 amide bonds. The second-order valence-electron chi connectivity index (χ2n) is 6.55. The smallest absolute Gasteiger partial charge is 0.261 e. The topological polar surface area (TPSA) is 50.6 Å². The minimum absolute atomic E-state index is 0.00627. The van der Waals surface area contributed by atoms with Gasteiger partial charge in [0.15, 0.2) is 0 Å². The summed E-state index contributed by atoms with van der Waals surface area (Å²) < 4.78 is 6.64. The highest BCUT2D eigenvalue weighted by atomic mass is 16.5. The van der Waals surface area contributed by atoms with Gasteiger partial charge in [-0.15, -0.1) is 0 Å². The lowest BCUT2D eigenvalue weighted by Gasteiger charge is -2.38. The van der Waals surface area contributed by atoms with Crippen molar-refractivity contribution in [3.63, 3.8) is 0 Å². The molecular weight excluding hydrogens is 304 g/mol. The van der Waals surface area contributed by atoms with Crippen LogP contribution < -0.4 is 10.5 Å². The van der Waals surface area contributed by atoms with E-state index in [2.05, 4.69) is 28.6 Å². The van der Waals surface area contributed by atoms with E-state index in [-0.39, 0.29) is 5.56 Å². The number of fused-ring (bicyclic) bond motifs is 1. The van der Waals surface area contributed by atoms with Crippen LogP contribution in [0.4, 0.5) is 5.69 Å². The van der Waals surface area contributed by atoms with Gasteiger partial charge in [0.1, 0.15) is 0 Å². The predicted molar refractivity (Wildman–Crippen MR) is 96.8 cm³/mol. The normalized spacial score (nSPS) is 16.2.